The highest BCUT2D eigenvalue weighted by Gasteiger charge is 2.41. The Balaban J connectivity index is 1.60. The summed E-state index contributed by atoms with van der Waals surface area (Å²) >= 11 is 0. The Morgan fingerprint density at radius 3 is 1.73 bits per heavy atom. The summed E-state index contributed by atoms with van der Waals surface area (Å²) in [5.41, 5.74) is 12.4. The van der Waals surface area contributed by atoms with Crippen LogP contribution >= 0.6 is 0 Å². The summed E-state index contributed by atoms with van der Waals surface area (Å²) in [6.07, 6.45) is 3.48. The number of ketones is 1. The third kappa shape index (κ3) is 35.2. The van der Waals surface area contributed by atoms with Crippen LogP contribution in [-0.2, 0) is 104 Å². The number of nitrogen functional groups attached to an aromatic ring is 1. The topological polar surface area (TPSA) is 729 Å². The van der Waals surface area contributed by atoms with E-state index in [9.17, 15) is 121 Å². The van der Waals surface area contributed by atoms with Crippen LogP contribution in [0.15, 0.2) is 67.1 Å². The third-order valence-corrected chi connectivity index (χ3v) is 19.4. The second-order valence-electron chi connectivity index (χ2n) is 29.5. The Morgan fingerprint density at radius 2 is 1.12 bits per heavy atom. The van der Waals surface area contributed by atoms with Gasteiger partial charge in [0.05, 0.1) is 58.3 Å². The number of aliphatic carboxylic acids is 4. The lowest BCUT2D eigenvalue weighted by Gasteiger charge is -2.30. The first-order valence-corrected chi connectivity index (χ1v) is 40.1. The molecular formula is C78H110N20O26. The number of ether oxygens (including phenoxy) is 1. The van der Waals surface area contributed by atoms with E-state index in [-0.39, 0.29) is 50.1 Å². The predicted octanol–water partition coefficient (Wildman–Crippen LogP) is -4.49. The maximum Gasteiger partial charge on any atom is 0.329 e. The molecule has 46 nitrogen and oxygen atoms in total. The molecule has 0 spiro atoms. The van der Waals surface area contributed by atoms with Gasteiger partial charge in [0.25, 0.3) is 0 Å². The van der Waals surface area contributed by atoms with Crippen molar-refractivity contribution in [3.05, 3.63) is 84.1 Å². The minimum absolute atomic E-state index is 0.0255. The number of primary amides is 1. The van der Waals surface area contributed by atoms with Gasteiger partial charge in [0, 0.05) is 60.1 Å². The molecule has 2 aromatic heterocycles. The number of rotatable bonds is 40. The van der Waals surface area contributed by atoms with Crippen LogP contribution in [0.5, 0.6) is 0 Å². The third-order valence-electron chi connectivity index (χ3n) is 19.4. The lowest BCUT2D eigenvalue weighted by Crippen LogP contribution is -2.62. The maximum absolute atomic E-state index is 15.0. The van der Waals surface area contributed by atoms with E-state index in [4.69, 9.17) is 16.2 Å². The van der Waals surface area contributed by atoms with E-state index < -0.39 is 255 Å². The van der Waals surface area contributed by atoms with E-state index in [0.29, 0.717) is 28.7 Å². The quantitative estimate of drug-likeness (QED) is 0.00864. The Labute approximate surface area is 709 Å². The first-order valence-electron chi connectivity index (χ1n) is 40.1. The van der Waals surface area contributed by atoms with Crippen molar-refractivity contribution in [3.8, 4) is 0 Å². The number of carboxylic acid groups (broad SMARTS) is 4. The molecule has 678 valence electrons. The number of para-hydroxylation sites is 2. The van der Waals surface area contributed by atoms with Gasteiger partial charge in [0.15, 0.2) is 5.78 Å². The number of urea groups is 1. The van der Waals surface area contributed by atoms with Gasteiger partial charge in [-0.05, 0) is 69.3 Å². The van der Waals surface area contributed by atoms with Crippen LogP contribution in [0.4, 0.5) is 10.5 Å². The summed E-state index contributed by atoms with van der Waals surface area (Å²) in [5, 5.41) is 85.0. The van der Waals surface area contributed by atoms with Crippen LogP contribution in [-0.4, -0.2) is 264 Å². The van der Waals surface area contributed by atoms with Crippen molar-refractivity contribution >= 4 is 135 Å². The number of amides is 15. The second-order valence-corrected chi connectivity index (χ2v) is 29.5. The number of esters is 1. The number of cyclic esters (lactones) is 1. The molecular weight excluding hydrogens is 1630 g/mol. The molecule has 1 aliphatic rings. The zero-order valence-corrected chi connectivity index (χ0v) is 68.7. The number of fused-ring (bicyclic) bond motifs is 1. The van der Waals surface area contributed by atoms with Crippen LogP contribution in [0, 0.1) is 5.92 Å². The largest absolute Gasteiger partial charge is 0.481 e. The molecule has 4 aromatic rings. The summed E-state index contributed by atoms with van der Waals surface area (Å²) < 4.78 is 5.73. The van der Waals surface area contributed by atoms with Crippen LogP contribution < -0.4 is 91.2 Å². The van der Waals surface area contributed by atoms with Gasteiger partial charge in [-0.1, -0.05) is 95.5 Å². The number of aliphatic hydroxyl groups excluding tert-OH is 1. The number of imidazole rings is 1. The molecule has 2 aromatic carbocycles. The summed E-state index contributed by atoms with van der Waals surface area (Å²) in [6.45, 7) is 1.74. The van der Waals surface area contributed by atoms with E-state index in [1.54, 1.807) is 30.5 Å². The van der Waals surface area contributed by atoms with Crippen molar-refractivity contribution in [3.63, 3.8) is 0 Å². The van der Waals surface area contributed by atoms with Crippen molar-refractivity contribution in [1.29, 1.82) is 0 Å². The average molecular weight is 1740 g/mol. The number of nitrogens with zero attached hydrogens (tertiary/aromatic N) is 1. The Bertz CT molecular complexity index is 4430. The summed E-state index contributed by atoms with van der Waals surface area (Å²) in [6, 6.07) is -11.6. The lowest BCUT2D eigenvalue weighted by atomic mass is 9.96. The molecule has 5 rings (SSSR count). The normalized spacial score (nSPS) is 20.5. The van der Waals surface area contributed by atoms with Gasteiger partial charge in [0.2, 0.25) is 76.8 Å². The highest BCUT2D eigenvalue weighted by Crippen LogP contribution is 2.22. The number of H-pyrrole nitrogens is 2. The van der Waals surface area contributed by atoms with E-state index in [1.165, 1.54) is 36.7 Å². The Morgan fingerprint density at radius 1 is 0.556 bits per heavy atom. The first-order chi connectivity index (χ1) is 58.9. The number of carboxylic acids is 4. The fourth-order valence-electron chi connectivity index (χ4n) is 12.8. The SMILES string of the molecule is CCCCCCCCCCCNC(=O)NC(Cc1c[nH]c2ccccc12)C(=O)NC(CC(N)=O)C(=O)NC(CC(=O)O)C(=O)NC1C(=O)NCC(=O)NC(CCCNCc2ncc[nH]2)C(=O)NC(CC(=O)O)C(=O)NC(C)C(=O)NC(CC(=O)O)C(=O)NCC(=O)NC(CO)C(=O)NC(C(C)CC(=O)O)C(=O)NC(CC(=O)c2ccccc2N)C(=O)OC1C. The number of benzene rings is 2. The number of hydrogen-bond donors (Lipinski definition) is 24. The number of carbonyl (C=O) groups is 20. The Kier molecular flexibility index (Phi) is 42.2. The number of aromatic amines is 2. The van der Waals surface area contributed by atoms with Gasteiger partial charge in [-0.25, -0.2) is 14.6 Å². The van der Waals surface area contributed by atoms with Crippen LogP contribution in [0.25, 0.3) is 10.9 Å². The molecule has 1 fully saturated rings. The summed E-state index contributed by atoms with van der Waals surface area (Å²) in [7, 11) is 0. The van der Waals surface area contributed by atoms with Crippen molar-refractivity contribution in [2.75, 3.05) is 38.5 Å². The maximum atomic E-state index is 15.0. The van der Waals surface area contributed by atoms with Crippen LogP contribution in [0.1, 0.15) is 159 Å². The molecule has 1 aliphatic heterocycles. The highest BCUT2D eigenvalue weighted by atomic mass is 16.5. The van der Waals surface area contributed by atoms with Gasteiger partial charge in [-0.15, -0.1) is 0 Å². The predicted molar refractivity (Wildman–Crippen MR) is 435 cm³/mol. The molecule has 0 saturated carbocycles. The molecule has 0 radical (unpaired) electrons. The molecule has 13 unspecified atom stereocenters. The van der Waals surface area contributed by atoms with Gasteiger partial charge in [0.1, 0.15) is 78.4 Å². The number of anilines is 1. The number of Topliss-reactive ketones (excluding diaryl/α,β-unsaturated/α-hetero) is 1. The molecule has 124 heavy (non-hydrogen) atoms. The average Bonchev–Trinajstić information content (AvgIpc) is 1.57. The number of hydrogen-bond acceptors (Lipinski definition) is 25. The van der Waals surface area contributed by atoms with Gasteiger partial charge in [-0.2, -0.15) is 0 Å². The van der Waals surface area contributed by atoms with Crippen LogP contribution in [0.3, 0.4) is 0 Å². The number of carbonyl (C=O) groups excluding carboxylic acids is 16. The first kappa shape index (κ1) is 101. The van der Waals surface area contributed by atoms with E-state index >= 15 is 0 Å². The molecule has 26 N–H and O–H groups in total. The zero-order valence-electron chi connectivity index (χ0n) is 68.7. The van der Waals surface area contributed by atoms with Crippen molar-refractivity contribution < 1.29 is 126 Å². The van der Waals surface area contributed by atoms with Crippen LogP contribution in [0.2, 0.25) is 0 Å². The summed E-state index contributed by atoms with van der Waals surface area (Å²) in [5.74, 6) is -28.8. The molecule has 3 heterocycles. The summed E-state index contributed by atoms with van der Waals surface area (Å²) in [4.78, 5) is 286. The number of aliphatic hydroxyl groups is 1. The van der Waals surface area contributed by atoms with Gasteiger partial charge < -0.3 is 131 Å². The lowest BCUT2D eigenvalue weighted by molar-refractivity contribution is -0.156. The fourth-order valence-corrected chi connectivity index (χ4v) is 12.8. The Hall–Kier alpha value is -13.7. The van der Waals surface area contributed by atoms with Crippen molar-refractivity contribution in [2.45, 2.75) is 222 Å². The zero-order chi connectivity index (χ0) is 91.7. The minimum Gasteiger partial charge on any atom is -0.481 e. The van der Waals surface area contributed by atoms with Crippen molar-refractivity contribution in [1.82, 2.24) is 94.7 Å². The second kappa shape index (κ2) is 51.8. The van der Waals surface area contributed by atoms with E-state index in [0.717, 1.165) is 72.1 Å². The number of unbranched alkanes of at least 4 members (excludes halogenated alkanes) is 8. The number of nitrogens with one attached hydrogen (secondary N) is 17. The molecule has 15 amide bonds. The van der Waals surface area contributed by atoms with Gasteiger partial charge in [-0.3, -0.25) is 86.3 Å². The number of aromatic nitrogens is 3. The molecule has 0 bridgehead atoms. The minimum atomic E-state index is -2.47. The fraction of sp³-hybridized carbons (Fsp3) is 0.526. The molecule has 0 aliphatic carbocycles. The van der Waals surface area contributed by atoms with Crippen molar-refractivity contribution in [2.24, 2.45) is 11.7 Å². The monoisotopic (exact) mass is 1740 g/mol. The van der Waals surface area contributed by atoms with E-state index in [2.05, 4.69) is 85.7 Å². The number of nitrogens with two attached hydrogens (primary N) is 2. The smallest absolute Gasteiger partial charge is 0.329 e. The van der Waals surface area contributed by atoms with Gasteiger partial charge >= 0.3 is 35.9 Å². The van der Waals surface area contributed by atoms with E-state index in [1.807, 2.05) is 16.0 Å². The standard InChI is InChI=1S/C78H110N20O26/c1-5-6-7-8-9-10-11-12-17-25-84-78(123)96-49(29-43-35-85-47-22-16-14-19-44(43)47)71(116)92-50(31-57(80)101)72(117)94-53(34-64(110)111)73(118)98-66-42(4)124-77(122)54(30-56(100)45-20-13-15-21-46(45)79)95-76(121)65(40(2)28-61(104)105)97-74(119)55(39-99)90-60(103)37-86-68(113)51(32-62(106)107)91-67(112)41(3)88-70(115)52(33-63(108)109)93-69(114)48(89-59(102)38-87-75(66)120)23-18-24-81-36-58-82-26-27-83-58/h13-16,19-22,26-27,35,40-42,48-55,65-66,81,85,99H,5-12,17-18,23-25,28-34,36-39,79H2,1-4H3,(H2,80,101)(H,82,83)(H,86,113)(H,87,120)(H,88,115)(H,89,102)(H,90,103)(H,91,112)(H,92,116)(H,93,114)(H,94,117)(H,95,121)(H,97,119)(H,98,118)(H,104,105)(H,106,107)(H,108,109)(H,110,111)(H2,84,96,123). The molecule has 1 saturated heterocycles. The molecule has 13 atom stereocenters. The molecule has 46 heteroatoms. The highest BCUT2D eigenvalue weighted by molar-refractivity contribution is 6.05.